The van der Waals surface area contributed by atoms with Gasteiger partial charge in [0.25, 0.3) is 17.7 Å². The second kappa shape index (κ2) is 27.3. The number of carboxylic acid groups (broad SMARTS) is 1. The number of hydrogen-bond donors (Lipinski definition) is 7. The van der Waals surface area contributed by atoms with Crippen molar-refractivity contribution in [1.29, 1.82) is 0 Å². The minimum absolute atomic E-state index is 0.0102. The number of Topliss-reactive ketones (excluding diaryl/α,β-unsaturated/α-hetero) is 1. The Bertz CT molecular complexity index is 4120. The fourth-order valence-corrected chi connectivity index (χ4v) is 15.9. The SMILES string of the molecule is Cc1ccc(C[C@@H]2NC(=O)c3csc(n3)[C@H]([C@H](O)c3ccccc3)CC(=O)c3nc(sc3C)[C@H](CC(N)=O)NC(=O)c3csc(n3)-c3ccc(-c4nc(C(=O)NCCCCCC(=O)O)cs4)nc3-c3csc(n3)-c3csc(n3)[C@@H]3[C@@H](C)[C@@H](O)CN3C2=O)cc1. The summed E-state index contributed by atoms with van der Waals surface area (Å²) in [6.07, 6.45) is -1.07. The molecule has 2 aliphatic heterocycles. The van der Waals surface area contributed by atoms with Gasteiger partial charge in [0.2, 0.25) is 11.8 Å². The van der Waals surface area contributed by atoms with Crippen molar-refractivity contribution in [2.45, 2.75) is 102 Å². The number of aliphatic hydroxyl groups excluding tert-OH is 2. The third kappa shape index (κ3) is 14.1. The molecule has 0 aliphatic carbocycles. The monoisotopic (exact) mass is 1310 g/mol. The summed E-state index contributed by atoms with van der Waals surface area (Å²) in [4.78, 5) is 132. The van der Waals surface area contributed by atoms with E-state index in [1.165, 1.54) is 39.4 Å². The number of pyridine rings is 1. The van der Waals surface area contributed by atoms with E-state index >= 15 is 4.79 Å². The fourth-order valence-electron chi connectivity index (χ4n) is 10.5. The molecule has 458 valence electrons. The lowest BCUT2D eigenvalue weighted by atomic mass is 9.90. The molecule has 9 aromatic rings. The highest BCUT2D eigenvalue weighted by atomic mass is 32.1. The smallest absolute Gasteiger partial charge is 0.303 e. The minimum Gasteiger partial charge on any atom is -0.481 e. The molecule has 2 aliphatic rings. The fraction of sp³-hybridized carbons (Fsp3) is 0.311. The zero-order valence-electron chi connectivity index (χ0n) is 47.9. The number of ketones is 1. The van der Waals surface area contributed by atoms with Crippen molar-refractivity contribution in [3.63, 3.8) is 0 Å². The second-order valence-electron chi connectivity index (χ2n) is 21.6. The zero-order valence-corrected chi connectivity index (χ0v) is 52.8. The Kier molecular flexibility index (Phi) is 19.1. The van der Waals surface area contributed by atoms with Gasteiger partial charge in [0, 0.05) is 81.5 Å². The summed E-state index contributed by atoms with van der Waals surface area (Å²) in [5, 5.41) is 51.9. The van der Waals surface area contributed by atoms with Crippen LogP contribution >= 0.6 is 68.0 Å². The average molecular weight is 1310 g/mol. The van der Waals surface area contributed by atoms with E-state index in [0.29, 0.717) is 84.6 Å². The van der Waals surface area contributed by atoms with E-state index in [1.807, 2.05) is 43.5 Å². The molecule has 7 aromatic heterocycles. The van der Waals surface area contributed by atoms with Crippen LogP contribution in [0.25, 0.3) is 43.4 Å². The molecular formula is C61H58N12O10S6. The van der Waals surface area contributed by atoms with Gasteiger partial charge in [0.05, 0.1) is 41.4 Å². The Labute approximate surface area is 533 Å². The number of aliphatic hydroxyl groups is 2. The Hall–Kier alpha value is -8.22. The van der Waals surface area contributed by atoms with Crippen LogP contribution in [0.5, 0.6) is 0 Å². The van der Waals surface area contributed by atoms with Crippen molar-refractivity contribution in [1.82, 2.24) is 55.7 Å². The lowest BCUT2D eigenvalue weighted by Gasteiger charge is -2.29. The Balaban J connectivity index is 0.982. The van der Waals surface area contributed by atoms with Gasteiger partial charge in [-0.2, -0.15) is 0 Å². The minimum atomic E-state index is -1.28. The van der Waals surface area contributed by atoms with Crippen LogP contribution in [-0.2, 0) is 20.8 Å². The molecule has 0 saturated carbocycles. The molecule has 7 atom stereocenters. The number of aromatic nitrogens is 7. The van der Waals surface area contributed by atoms with Crippen LogP contribution in [-0.4, -0.2) is 122 Å². The normalized spacial score (nSPS) is 19.3. The average Bonchev–Trinajstić information content (AvgIpc) is 1.78. The summed E-state index contributed by atoms with van der Waals surface area (Å²) < 4.78 is 0. The number of unbranched alkanes of at least 4 members (excludes halogenated alkanes) is 2. The number of primary amides is 1. The summed E-state index contributed by atoms with van der Waals surface area (Å²) >= 11 is 7.11. The van der Waals surface area contributed by atoms with Crippen LogP contribution in [0.1, 0.15) is 148 Å². The number of carbonyl (C=O) groups is 7. The number of aryl methyl sites for hydroxylation is 2. The lowest BCUT2D eigenvalue weighted by Crippen LogP contribution is -2.50. The number of thiazole rings is 6. The quantitative estimate of drug-likeness (QED) is 0.0499. The first-order valence-electron chi connectivity index (χ1n) is 28.3. The van der Waals surface area contributed by atoms with Crippen molar-refractivity contribution < 1.29 is 48.9 Å². The lowest BCUT2D eigenvalue weighted by molar-refractivity contribution is -0.137. The summed E-state index contributed by atoms with van der Waals surface area (Å²) in [7, 11) is 0. The Morgan fingerprint density at radius 1 is 0.697 bits per heavy atom. The van der Waals surface area contributed by atoms with Gasteiger partial charge in [-0.1, -0.05) is 73.5 Å². The number of carboxylic acids is 1. The van der Waals surface area contributed by atoms with Crippen LogP contribution in [0.15, 0.2) is 93.6 Å². The zero-order chi connectivity index (χ0) is 62.6. The topological polar surface area (TPSA) is 336 Å². The molecule has 89 heavy (non-hydrogen) atoms. The molecule has 11 rings (SSSR count). The molecule has 0 unspecified atom stereocenters. The number of nitrogens with one attached hydrogen (secondary N) is 3. The van der Waals surface area contributed by atoms with Gasteiger partial charge in [-0.3, -0.25) is 33.6 Å². The number of fused-ring (bicyclic) bond motifs is 16. The molecular weight excluding hydrogens is 1250 g/mol. The van der Waals surface area contributed by atoms with Crippen LogP contribution in [0.3, 0.4) is 0 Å². The van der Waals surface area contributed by atoms with E-state index in [-0.39, 0.29) is 65.0 Å². The van der Waals surface area contributed by atoms with Gasteiger partial charge in [0.1, 0.15) is 70.9 Å². The highest BCUT2D eigenvalue weighted by Gasteiger charge is 2.45. The number of nitrogens with two attached hydrogens (primary N) is 1. The summed E-state index contributed by atoms with van der Waals surface area (Å²) in [6.45, 7) is 5.76. The molecule has 10 bridgehead atoms. The first kappa shape index (κ1) is 62.4. The van der Waals surface area contributed by atoms with E-state index in [1.54, 1.807) is 70.4 Å². The Morgan fingerprint density at radius 3 is 2.12 bits per heavy atom. The maximum atomic E-state index is 15.2. The molecule has 0 radical (unpaired) electrons. The van der Waals surface area contributed by atoms with E-state index in [2.05, 4.69) is 20.9 Å². The number of rotatable bonds is 14. The van der Waals surface area contributed by atoms with Crippen LogP contribution in [0, 0.1) is 19.8 Å². The number of benzene rings is 2. The predicted molar refractivity (Wildman–Crippen MR) is 339 cm³/mol. The molecule has 1 saturated heterocycles. The molecule has 28 heteroatoms. The van der Waals surface area contributed by atoms with Crippen molar-refractivity contribution in [2.75, 3.05) is 13.1 Å². The molecule has 22 nitrogen and oxygen atoms in total. The molecule has 0 spiro atoms. The summed E-state index contributed by atoms with van der Waals surface area (Å²) in [5.74, 6) is -5.80. The maximum absolute atomic E-state index is 15.2. The largest absolute Gasteiger partial charge is 0.481 e. The third-order valence-electron chi connectivity index (χ3n) is 15.3. The predicted octanol–water partition coefficient (Wildman–Crippen LogP) is 9.15. The van der Waals surface area contributed by atoms with E-state index < -0.39 is 83.5 Å². The van der Waals surface area contributed by atoms with Crippen LogP contribution in [0.2, 0.25) is 0 Å². The Morgan fingerprint density at radius 2 is 1.36 bits per heavy atom. The molecule has 2 aromatic carbocycles. The molecule has 9 heterocycles. The highest BCUT2D eigenvalue weighted by molar-refractivity contribution is 7.15. The molecule has 8 N–H and O–H groups in total. The number of aliphatic carboxylic acids is 1. The van der Waals surface area contributed by atoms with Crippen LogP contribution in [0.4, 0.5) is 0 Å². The number of nitrogens with zero attached hydrogens (tertiary/aromatic N) is 8. The number of hydrogen-bond acceptors (Lipinski definition) is 22. The maximum Gasteiger partial charge on any atom is 0.303 e. The van der Waals surface area contributed by atoms with Gasteiger partial charge >= 0.3 is 5.97 Å². The van der Waals surface area contributed by atoms with Gasteiger partial charge in [-0.05, 0) is 49.9 Å². The van der Waals surface area contributed by atoms with Crippen LogP contribution < -0.4 is 21.7 Å². The number of carbonyl (C=O) groups excluding carboxylic acids is 6. The number of amides is 5. The summed E-state index contributed by atoms with van der Waals surface area (Å²) in [6, 6.07) is 16.9. The van der Waals surface area contributed by atoms with Gasteiger partial charge in [-0.15, -0.1) is 68.0 Å². The van der Waals surface area contributed by atoms with Crippen molar-refractivity contribution >= 4 is 109 Å². The van der Waals surface area contributed by atoms with E-state index in [4.69, 9.17) is 40.7 Å². The first-order chi connectivity index (χ1) is 42.8. The summed E-state index contributed by atoms with van der Waals surface area (Å²) in [5.41, 5.74) is 10.3. The van der Waals surface area contributed by atoms with Crippen molar-refractivity contribution in [3.8, 4) is 43.4 Å². The second-order valence-corrected chi connectivity index (χ2v) is 27.2. The van der Waals surface area contributed by atoms with Gasteiger partial charge in [0.15, 0.2) is 5.78 Å². The standard InChI is InChI=1S/C61H58N12O10S6/c1-29-13-15-32(16-14-29)20-38-61(83)73-23-45(75)30(2)50(73)60-71-43(28-88-60)58-67-39(24-86-58)49-34(17-18-36(64-49)57-70-40(25-87-57)52(80)63-19-9-5-8-12-47(77)78)55-68-41(26-84-55)53(81)65-37(22-46(62)76)59-72-48(31(3)89-59)44(74)21-35(51(79)33-10-6-4-7-11-33)56-69-42(27-85-56)54(82)66-38/h4,6-7,10-11,13-18,24-28,30,35,37-38,45,50-51,75,79H,5,8-9,12,19-23H2,1-3H3,(H2,62,76)(H,63,80)(H,65,81)(H,66,82)(H,77,78)/t30-,35-,37-,38-,45-,50-,51+/m0/s1. The van der Waals surface area contributed by atoms with E-state index in [0.717, 1.165) is 45.1 Å². The van der Waals surface area contributed by atoms with E-state index in [9.17, 15) is 39.0 Å². The van der Waals surface area contributed by atoms with Gasteiger partial charge in [-0.25, -0.2) is 34.9 Å². The third-order valence-corrected chi connectivity index (χ3v) is 20.9. The van der Waals surface area contributed by atoms with Crippen molar-refractivity contribution in [2.24, 2.45) is 11.7 Å². The van der Waals surface area contributed by atoms with Crippen molar-refractivity contribution in [3.05, 3.63) is 153 Å². The molecule has 5 amide bonds. The first-order valence-corrected chi connectivity index (χ1v) is 33.5. The molecule has 1 fully saturated rings. The van der Waals surface area contributed by atoms with Gasteiger partial charge < -0.3 is 41.9 Å². The highest BCUT2D eigenvalue weighted by Crippen LogP contribution is 2.43.